The van der Waals surface area contributed by atoms with Crippen LogP contribution in [-0.2, 0) is 4.74 Å². The molecule has 1 fully saturated rings. The lowest BCUT2D eigenvalue weighted by Gasteiger charge is -2.20. The van der Waals surface area contributed by atoms with E-state index in [0.717, 1.165) is 13.2 Å². The largest absolute Gasteiger partial charge is 0.378 e. The topological polar surface area (TPSA) is 63.4 Å². The van der Waals surface area contributed by atoms with E-state index in [1.165, 1.54) is 0 Å². The van der Waals surface area contributed by atoms with Gasteiger partial charge in [-0.05, 0) is 5.16 Å². The minimum Gasteiger partial charge on any atom is -0.378 e. The lowest BCUT2D eigenvalue weighted by atomic mass is 10.3. The molecule has 1 aliphatic rings. The first-order valence-electron chi connectivity index (χ1n) is 4.59. The zero-order valence-electron chi connectivity index (χ0n) is 8.36. The van der Waals surface area contributed by atoms with E-state index in [0.29, 0.717) is 18.4 Å². The number of hydrogen-bond donors (Lipinski definition) is 1. The van der Waals surface area contributed by atoms with Gasteiger partial charge in [0.2, 0.25) is 5.89 Å². The molecule has 1 N–H and O–H groups in total. The smallest absolute Gasteiger partial charge is 0.265 e. The fourth-order valence-electron chi connectivity index (χ4n) is 1.27. The van der Waals surface area contributed by atoms with E-state index in [-0.39, 0.29) is 6.04 Å². The number of nitrogens with one attached hydrogen (secondary N) is 1. The summed E-state index contributed by atoms with van der Waals surface area (Å²) < 4.78 is 10.4. The van der Waals surface area contributed by atoms with Crippen LogP contribution in [-0.4, -0.2) is 44.0 Å². The molecule has 2 rings (SSSR count). The highest BCUT2D eigenvalue weighted by Gasteiger charge is 2.21. The zero-order chi connectivity index (χ0) is 9.97. The molecule has 2 heterocycles. The van der Waals surface area contributed by atoms with Gasteiger partial charge in [0.05, 0.1) is 13.2 Å². The lowest BCUT2D eigenvalue weighted by molar-refractivity contribution is 0.0659. The number of rotatable bonds is 2. The second kappa shape index (κ2) is 3.93. The number of anilines is 1. The van der Waals surface area contributed by atoms with Gasteiger partial charge in [0.1, 0.15) is 6.04 Å². The second-order valence-corrected chi connectivity index (χ2v) is 3.41. The molecule has 78 valence electrons. The average molecular weight is 198 g/mol. The Kier molecular flexibility index (Phi) is 2.64. The zero-order valence-corrected chi connectivity index (χ0v) is 8.36. The van der Waals surface area contributed by atoms with Crippen molar-refractivity contribution in [2.75, 3.05) is 38.8 Å². The molecule has 1 aromatic heterocycles. The molecular weight excluding hydrogens is 184 g/mol. The summed E-state index contributed by atoms with van der Waals surface area (Å²) in [5.41, 5.74) is 0. The fraction of sp³-hybridized carbons (Fsp3) is 0.750. The first-order chi connectivity index (χ1) is 6.77. The fourth-order valence-corrected chi connectivity index (χ4v) is 1.27. The predicted molar refractivity (Wildman–Crippen MR) is 50.2 cm³/mol. The molecule has 0 spiro atoms. The van der Waals surface area contributed by atoms with Gasteiger partial charge < -0.3 is 19.5 Å². The van der Waals surface area contributed by atoms with E-state index in [4.69, 9.17) is 9.26 Å². The number of aromatic nitrogens is 2. The molecule has 1 saturated heterocycles. The Balaban J connectivity index is 2.07. The van der Waals surface area contributed by atoms with Crippen LogP contribution >= 0.6 is 0 Å². The Bertz CT molecular complexity index is 293. The number of hydrogen-bond acceptors (Lipinski definition) is 6. The first kappa shape index (κ1) is 9.42. The quantitative estimate of drug-likeness (QED) is 0.709. The summed E-state index contributed by atoms with van der Waals surface area (Å²) in [4.78, 5) is 6.04. The van der Waals surface area contributed by atoms with Crippen molar-refractivity contribution in [1.29, 1.82) is 0 Å². The molecule has 1 aromatic rings. The van der Waals surface area contributed by atoms with Crippen LogP contribution in [0.3, 0.4) is 0 Å². The van der Waals surface area contributed by atoms with Crippen molar-refractivity contribution in [2.45, 2.75) is 6.04 Å². The van der Waals surface area contributed by atoms with Crippen LogP contribution in [0.15, 0.2) is 4.52 Å². The van der Waals surface area contributed by atoms with Gasteiger partial charge >= 0.3 is 0 Å². The molecule has 0 bridgehead atoms. The number of ether oxygens (including phenoxy) is 1. The second-order valence-electron chi connectivity index (χ2n) is 3.41. The van der Waals surface area contributed by atoms with E-state index >= 15 is 0 Å². The summed E-state index contributed by atoms with van der Waals surface area (Å²) in [5, 5.41) is 7.08. The highest BCUT2D eigenvalue weighted by molar-refractivity contribution is 5.24. The Morgan fingerprint density at radius 1 is 1.50 bits per heavy atom. The molecule has 0 saturated carbocycles. The van der Waals surface area contributed by atoms with Gasteiger partial charge in [0.15, 0.2) is 0 Å². The summed E-state index contributed by atoms with van der Waals surface area (Å²) in [5.74, 6) is 1.18. The van der Waals surface area contributed by atoms with Crippen molar-refractivity contribution < 1.29 is 9.26 Å². The van der Waals surface area contributed by atoms with Gasteiger partial charge in [-0.15, -0.1) is 0 Å². The third kappa shape index (κ3) is 1.85. The van der Waals surface area contributed by atoms with Crippen LogP contribution in [0.5, 0.6) is 0 Å². The molecule has 1 aliphatic heterocycles. The molecule has 0 amide bonds. The highest BCUT2D eigenvalue weighted by atomic mass is 16.5. The van der Waals surface area contributed by atoms with Gasteiger partial charge in [-0.1, -0.05) is 0 Å². The monoisotopic (exact) mass is 198 g/mol. The summed E-state index contributed by atoms with van der Waals surface area (Å²) in [7, 11) is 3.75. The molecule has 0 aromatic carbocycles. The first-order valence-corrected chi connectivity index (χ1v) is 4.59. The molecule has 0 aliphatic carbocycles. The Labute approximate surface area is 82.2 Å². The Morgan fingerprint density at radius 2 is 2.36 bits per heavy atom. The normalized spacial score (nSPS) is 22.3. The summed E-state index contributed by atoms with van der Waals surface area (Å²) >= 11 is 0. The Hall–Kier alpha value is -1.14. The van der Waals surface area contributed by atoms with Crippen LogP contribution in [0.25, 0.3) is 0 Å². The summed E-state index contributed by atoms with van der Waals surface area (Å²) in [6, 6.07) is 0.0324. The maximum absolute atomic E-state index is 5.30. The van der Waals surface area contributed by atoms with Gasteiger partial charge in [-0.2, -0.15) is 4.98 Å². The summed E-state index contributed by atoms with van der Waals surface area (Å²) in [6.45, 7) is 2.16. The number of nitrogens with zero attached hydrogens (tertiary/aromatic N) is 3. The maximum atomic E-state index is 5.30. The van der Waals surface area contributed by atoms with Crippen molar-refractivity contribution in [3.63, 3.8) is 0 Å². The van der Waals surface area contributed by atoms with Crippen molar-refractivity contribution >= 4 is 5.95 Å². The van der Waals surface area contributed by atoms with Crippen LogP contribution in [0, 0.1) is 0 Å². The van der Waals surface area contributed by atoms with Crippen LogP contribution in [0.1, 0.15) is 11.9 Å². The van der Waals surface area contributed by atoms with Crippen LogP contribution < -0.4 is 10.2 Å². The van der Waals surface area contributed by atoms with Crippen molar-refractivity contribution in [2.24, 2.45) is 0 Å². The molecule has 1 atom stereocenters. The molecule has 0 radical (unpaired) electrons. The Morgan fingerprint density at radius 3 is 2.93 bits per heavy atom. The third-order valence-electron chi connectivity index (χ3n) is 2.05. The van der Waals surface area contributed by atoms with Crippen molar-refractivity contribution in [1.82, 2.24) is 15.5 Å². The standard InChI is InChI=1S/C8H14N4O2/c1-12(2)8-10-7(14-11-8)6-5-13-4-3-9-6/h6,9H,3-5H2,1-2H3. The van der Waals surface area contributed by atoms with Gasteiger partial charge in [0.25, 0.3) is 5.95 Å². The van der Waals surface area contributed by atoms with Crippen LogP contribution in [0.4, 0.5) is 5.95 Å². The van der Waals surface area contributed by atoms with E-state index < -0.39 is 0 Å². The van der Waals surface area contributed by atoms with E-state index in [1.54, 1.807) is 4.90 Å². The van der Waals surface area contributed by atoms with Gasteiger partial charge in [0, 0.05) is 20.6 Å². The maximum Gasteiger partial charge on any atom is 0.265 e. The third-order valence-corrected chi connectivity index (χ3v) is 2.05. The molecule has 1 unspecified atom stereocenters. The van der Waals surface area contributed by atoms with Gasteiger partial charge in [-0.25, -0.2) is 0 Å². The van der Waals surface area contributed by atoms with E-state index in [1.807, 2.05) is 14.1 Å². The molecule has 14 heavy (non-hydrogen) atoms. The average Bonchev–Trinajstić information content (AvgIpc) is 2.68. The van der Waals surface area contributed by atoms with Crippen molar-refractivity contribution in [3.05, 3.63) is 5.89 Å². The molecule has 6 heteroatoms. The number of morpholine rings is 1. The van der Waals surface area contributed by atoms with Crippen LogP contribution in [0.2, 0.25) is 0 Å². The minimum atomic E-state index is 0.0324. The van der Waals surface area contributed by atoms with Crippen molar-refractivity contribution in [3.8, 4) is 0 Å². The predicted octanol–water partition coefficient (Wildman–Crippen LogP) is -0.204. The molecular formula is C8H14N4O2. The lowest BCUT2D eigenvalue weighted by Crippen LogP contribution is -2.34. The highest BCUT2D eigenvalue weighted by Crippen LogP contribution is 2.15. The van der Waals surface area contributed by atoms with E-state index in [9.17, 15) is 0 Å². The summed E-state index contributed by atoms with van der Waals surface area (Å²) in [6.07, 6.45) is 0. The minimum absolute atomic E-state index is 0.0324. The SMILES string of the molecule is CN(C)c1noc(C2COCCN2)n1. The van der Waals surface area contributed by atoms with Gasteiger partial charge in [-0.3, -0.25) is 0 Å². The molecule has 6 nitrogen and oxygen atoms in total. The van der Waals surface area contributed by atoms with E-state index in [2.05, 4.69) is 15.5 Å².